The Morgan fingerprint density at radius 2 is 2.07 bits per heavy atom. The third-order valence-electron chi connectivity index (χ3n) is 1.80. The van der Waals surface area contributed by atoms with Crippen molar-refractivity contribution in [3.63, 3.8) is 0 Å². The first-order valence-corrected chi connectivity index (χ1v) is 6.15. The van der Waals surface area contributed by atoms with Crippen molar-refractivity contribution in [2.75, 3.05) is 0 Å². The van der Waals surface area contributed by atoms with Crippen LogP contribution in [0.1, 0.15) is 21.5 Å². The first-order chi connectivity index (χ1) is 6.90. The highest BCUT2D eigenvalue weighted by atomic mass is 35.7. The Hall–Kier alpha value is -1.38. The van der Waals surface area contributed by atoms with E-state index in [9.17, 15) is 13.2 Å². The van der Waals surface area contributed by atoms with Crippen LogP contribution >= 0.6 is 10.7 Å². The normalized spacial score (nSPS) is 10.7. The lowest BCUT2D eigenvalue weighted by Crippen LogP contribution is -2.00. The van der Waals surface area contributed by atoms with Gasteiger partial charge in [0.05, 0.1) is 5.56 Å². The fraction of sp³-hybridized carbons (Fsp3) is 0.111. The largest absolute Gasteiger partial charge is 0.298 e. The Kier molecular flexibility index (Phi) is 3.12. The number of carbonyl (C=O) groups is 1. The van der Waals surface area contributed by atoms with Crippen LogP contribution in [0.3, 0.4) is 0 Å². The lowest BCUT2D eigenvalue weighted by Gasteiger charge is -2.04. The molecule has 0 atom stereocenters. The fourth-order valence-corrected chi connectivity index (χ4v) is 2.70. The van der Waals surface area contributed by atoms with Gasteiger partial charge in [-0.05, 0) is 24.6 Å². The van der Waals surface area contributed by atoms with E-state index in [1.54, 1.807) is 6.07 Å². The number of hydrogen-bond donors (Lipinski definition) is 0. The van der Waals surface area contributed by atoms with Crippen LogP contribution in [0.2, 0.25) is 0 Å². The molecule has 78 valence electrons. The fourth-order valence-electron chi connectivity index (χ4n) is 1.28. The summed E-state index contributed by atoms with van der Waals surface area (Å²) < 4.78 is 22.3. The predicted octanol–water partition coefficient (Wildman–Crippen LogP) is 1.61. The van der Waals surface area contributed by atoms with Gasteiger partial charge in [0.2, 0.25) is 0 Å². The smallest absolute Gasteiger partial charge is 0.262 e. The second-order valence-corrected chi connectivity index (χ2v) is 5.38. The van der Waals surface area contributed by atoms with Gasteiger partial charge in [-0.1, -0.05) is 0 Å². The Labute approximate surface area is 91.5 Å². The van der Waals surface area contributed by atoms with Gasteiger partial charge >= 0.3 is 0 Å². The SMILES string of the molecule is Cc1cc(C=O)cc(C#N)c1S(=O)(=O)Cl. The highest BCUT2D eigenvalue weighted by molar-refractivity contribution is 8.13. The minimum atomic E-state index is -3.97. The molecule has 1 aromatic rings. The van der Waals surface area contributed by atoms with Crippen molar-refractivity contribution < 1.29 is 13.2 Å². The highest BCUT2D eigenvalue weighted by Gasteiger charge is 2.19. The second kappa shape index (κ2) is 4.01. The summed E-state index contributed by atoms with van der Waals surface area (Å²) >= 11 is 0. The van der Waals surface area contributed by atoms with Crippen molar-refractivity contribution in [1.82, 2.24) is 0 Å². The van der Waals surface area contributed by atoms with E-state index in [2.05, 4.69) is 0 Å². The Balaban J connectivity index is 3.69. The molecule has 0 aliphatic heterocycles. The molecule has 0 fully saturated rings. The van der Waals surface area contributed by atoms with Gasteiger partial charge in [0.25, 0.3) is 9.05 Å². The third-order valence-corrected chi connectivity index (χ3v) is 3.29. The molecular formula is C9H6ClNO3S. The number of nitrogens with zero attached hydrogens (tertiary/aromatic N) is 1. The van der Waals surface area contributed by atoms with E-state index in [4.69, 9.17) is 15.9 Å². The minimum Gasteiger partial charge on any atom is -0.298 e. The summed E-state index contributed by atoms with van der Waals surface area (Å²) in [6.07, 6.45) is 0.540. The predicted molar refractivity (Wildman–Crippen MR) is 54.3 cm³/mol. The molecule has 0 aliphatic carbocycles. The van der Waals surface area contributed by atoms with Crippen LogP contribution in [0.4, 0.5) is 0 Å². The first-order valence-electron chi connectivity index (χ1n) is 3.84. The number of aryl methyl sites for hydroxylation is 1. The molecule has 15 heavy (non-hydrogen) atoms. The summed E-state index contributed by atoms with van der Waals surface area (Å²) in [5.41, 5.74) is 0.409. The van der Waals surface area contributed by atoms with Crippen LogP contribution in [0.5, 0.6) is 0 Å². The van der Waals surface area contributed by atoms with Crippen LogP contribution < -0.4 is 0 Å². The van der Waals surface area contributed by atoms with E-state index in [0.29, 0.717) is 6.29 Å². The zero-order valence-electron chi connectivity index (χ0n) is 7.69. The van der Waals surface area contributed by atoms with Crippen LogP contribution in [0.15, 0.2) is 17.0 Å². The van der Waals surface area contributed by atoms with E-state index in [0.717, 1.165) is 0 Å². The molecule has 0 radical (unpaired) electrons. The van der Waals surface area contributed by atoms with Crippen molar-refractivity contribution in [3.05, 3.63) is 28.8 Å². The van der Waals surface area contributed by atoms with E-state index in [-0.39, 0.29) is 21.6 Å². The van der Waals surface area contributed by atoms with Crippen LogP contribution in [-0.4, -0.2) is 14.7 Å². The summed E-state index contributed by atoms with van der Waals surface area (Å²) in [6.45, 7) is 1.48. The maximum absolute atomic E-state index is 11.2. The van der Waals surface area contributed by atoms with Crippen LogP contribution in [0, 0.1) is 18.3 Å². The summed E-state index contributed by atoms with van der Waals surface area (Å²) in [5.74, 6) is 0. The Bertz CT molecular complexity index is 557. The van der Waals surface area contributed by atoms with Crippen molar-refractivity contribution in [1.29, 1.82) is 5.26 Å². The maximum atomic E-state index is 11.2. The van der Waals surface area contributed by atoms with Crippen molar-refractivity contribution in [2.45, 2.75) is 11.8 Å². The molecule has 0 aliphatic rings. The number of hydrogen-bond acceptors (Lipinski definition) is 4. The van der Waals surface area contributed by atoms with Gasteiger partial charge in [-0.2, -0.15) is 5.26 Å². The number of benzene rings is 1. The van der Waals surface area contributed by atoms with Gasteiger partial charge < -0.3 is 0 Å². The monoisotopic (exact) mass is 243 g/mol. The van der Waals surface area contributed by atoms with E-state index < -0.39 is 9.05 Å². The topological polar surface area (TPSA) is 75.0 Å². The summed E-state index contributed by atoms with van der Waals surface area (Å²) in [4.78, 5) is 10.3. The molecule has 1 aromatic carbocycles. The Morgan fingerprint density at radius 1 is 1.47 bits per heavy atom. The molecule has 0 amide bonds. The van der Waals surface area contributed by atoms with Gasteiger partial charge in [-0.15, -0.1) is 0 Å². The molecule has 4 nitrogen and oxygen atoms in total. The molecule has 0 bridgehead atoms. The van der Waals surface area contributed by atoms with E-state index in [1.165, 1.54) is 19.1 Å². The number of nitriles is 1. The van der Waals surface area contributed by atoms with Crippen LogP contribution in [0.25, 0.3) is 0 Å². The van der Waals surface area contributed by atoms with Gasteiger partial charge in [0.15, 0.2) is 0 Å². The number of halogens is 1. The summed E-state index contributed by atoms with van der Waals surface area (Å²) in [5, 5.41) is 8.74. The van der Waals surface area contributed by atoms with Crippen molar-refractivity contribution in [3.8, 4) is 6.07 Å². The Morgan fingerprint density at radius 3 is 2.47 bits per heavy atom. The molecule has 0 unspecified atom stereocenters. The molecular weight excluding hydrogens is 238 g/mol. The highest BCUT2D eigenvalue weighted by Crippen LogP contribution is 2.24. The summed E-state index contributed by atoms with van der Waals surface area (Å²) in [7, 11) is 1.21. The quantitative estimate of drug-likeness (QED) is 0.584. The average molecular weight is 244 g/mol. The second-order valence-electron chi connectivity index (χ2n) is 2.88. The van der Waals surface area contributed by atoms with Crippen LogP contribution in [-0.2, 0) is 9.05 Å². The van der Waals surface area contributed by atoms with E-state index in [1.807, 2.05) is 0 Å². The zero-order valence-corrected chi connectivity index (χ0v) is 9.26. The molecule has 6 heteroatoms. The molecule has 0 N–H and O–H groups in total. The van der Waals surface area contributed by atoms with Gasteiger partial charge in [-0.25, -0.2) is 8.42 Å². The summed E-state index contributed by atoms with van der Waals surface area (Å²) in [6, 6.07) is 4.25. The molecule has 0 heterocycles. The number of rotatable bonds is 2. The maximum Gasteiger partial charge on any atom is 0.262 e. The minimum absolute atomic E-state index is 0.118. The molecule has 1 rings (SSSR count). The first kappa shape index (κ1) is 11.7. The lowest BCUT2D eigenvalue weighted by atomic mass is 10.1. The molecule has 0 saturated heterocycles. The van der Waals surface area contributed by atoms with Crippen molar-refractivity contribution in [2.24, 2.45) is 0 Å². The standard InChI is InChI=1S/C9H6ClNO3S/c1-6-2-7(5-12)3-8(4-11)9(6)15(10,13)14/h2-3,5H,1H3. The van der Waals surface area contributed by atoms with Gasteiger partial charge in [0.1, 0.15) is 17.3 Å². The average Bonchev–Trinajstić information content (AvgIpc) is 2.14. The van der Waals surface area contributed by atoms with Crippen molar-refractivity contribution >= 4 is 26.0 Å². The number of aldehydes is 1. The number of carbonyl (C=O) groups excluding carboxylic acids is 1. The van der Waals surface area contributed by atoms with Gasteiger partial charge in [0, 0.05) is 16.2 Å². The molecule has 0 spiro atoms. The molecule has 0 aromatic heterocycles. The molecule has 0 saturated carbocycles. The third kappa shape index (κ3) is 2.35. The van der Waals surface area contributed by atoms with E-state index >= 15 is 0 Å². The van der Waals surface area contributed by atoms with Gasteiger partial charge in [-0.3, -0.25) is 4.79 Å². The zero-order chi connectivity index (χ0) is 11.6. The lowest BCUT2D eigenvalue weighted by molar-refractivity contribution is 0.112.